The van der Waals surface area contributed by atoms with E-state index in [0.29, 0.717) is 19.0 Å². The molecule has 0 aromatic heterocycles. The number of sulfone groups is 1. The SMILES string of the molecule is N#C/C(=C1/CCCCCN1)S(=O)(=O)c1cc(F)ccc1F. The Balaban J connectivity index is 2.57. The number of rotatable bonds is 2. The first-order valence-corrected chi connectivity index (χ1v) is 8.02. The number of halogens is 2. The Hall–Kier alpha value is -1.94. The lowest BCUT2D eigenvalue weighted by Gasteiger charge is -2.11. The molecule has 1 aliphatic heterocycles. The van der Waals surface area contributed by atoms with Crippen molar-refractivity contribution in [3.8, 4) is 6.07 Å². The van der Waals surface area contributed by atoms with Crippen LogP contribution in [-0.4, -0.2) is 15.0 Å². The van der Waals surface area contributed by atoms with Gasteiger partial charge in [-0.3, -0.25) is 0 Å². The lowest BCUT2D eigenvalue weighted by molar-refractivity contribution is 0.556. The fraction of sp³-hybridized carbons (Fsp3) is 0.357. The first-order valence-electron chi connectivity index (χ1n) is 6.54. The summed E-state index contributed by atoms with van der Waals surface area (Å²) in [4.78, 5) is -1.34. The number of allylic oxidation sites excluding steroid dienone is 2. The smallest absolute Gasteiger partial charge is 0.221 e. The van der Waals surface area contributed by atoms with Gasteiger partial charge in [-0.1, -0.05) is 6.42 Å². The van der Waals surface area contributed by atoms with Crippen LogP contribution < -0.4 is 5.32 Å². The third-order valence-electron chi connectivity index (χ3n) is 3.27. The van der Waals surface area contributed by atoms with Crippen molar-refractivity contribution < 1.29 is 17.2 Å². The molecule has 1 fully saturated rings. The average molecular weight is 312 g/mol. The molecule has 0 unspecified atom stereocenters. The van der Waals surface area contributed by atoms with Gasteiger partial charge in [-0.2, -0.15) is 5.26 Å². The predicted molar refractivity (Wildman–Crippen MR) is 72.7 cm³/mol. The molecule has 0 amide bonds. The zero-order valence-corrected chi connectivity index (χ0v) is 12.0. The Bertz CT molecular complexity index is 711. The molecule has 1 aliphatic rings. The third-order valence-corrected chi connectivity index (χ3v) is 5.04. The second-order valence-electron chi connectivity index (χ2n) is 4.74. The van der Waals surface area contributed by atoms with Crippen LogP contribution in [0.1, 0.15) is 25.7 Å². The number of benzene rings is 1. The van der Waals surface area contributed by atoms with Crippen LogP contribution in [0.2, 0.25) is 0 Å². The largest absolute Gasteiger partial charge is 0.387 e. The van der Waals surface area contributed by atoms with E-state index in [9.17, 15) is 22.5 Å². The van der Waals surface area contributed by atoms with Crippen LogP contribution in [-0.2, 0) is 9.84 Å². The molecule has 0 bridgehead atoms. The van der Waals surface area contributed by atoms with E-state index in [1.807, 2.05) is 0 Å². The zero-order valence-electron chi connectivity index (χ0n) is 11.2. The number of hydrogen-bond acceptors (Lipinski definition) is 4. The maximum atomic E-state index is 13.7. The van der Waals surface area contributed by atoms with E-state index in [4.69, 9.17) is 0 Å². The summed E-state index contributed by atoms with van der Waals surface area (Å²) < 4.78 is 51.8. The molecule has 0 radical (unpaired) electrons. The molecule has 1 aromatic rings. The molecule has 1 aromatic carbocycles. The van der Waals surface area contributed by atoms with Gasteiger partial charge in [0.2, 0.25) is 9.84 Å². The highest BCUT2D eigenvalue weighted by molar-refractivity contribution is 7.95. The summed E-state index contributed by atoms with van der Waals surface area (Å²) in [6.45, 7) is 0.557. The Morgan fingerprint density at radius 3 is 2.71 bits per heavy atom. The van der Waals surface area contributed by atoms with Crippen molar-refractivity contribution in [1.29, 1.82) is 5.26 Å². The Labute approximate surface area is 122 Å². The van der Waals surface area contributed by atoms with Crippen LogP contribution in [0.4, 0.5) is 8.78 Å². The summed E-state index contributed by atoms with van der Waals surface area (Å²) in [6, 6.07) is 3.79. The first-order chi connectivity index (χ1) is 9.96. The van der Waals surface area contributed by atoms with Gasteiger partial charge in [0.05, 0.1) is 0 Å². The van der Waals surface area contributed by atoms with E-state index in [1.165, 1.54) is 0 Å². The van der Waals surface area contributed by atoms with Crippen LogP contribution in [0, 0.1) is 23.0 Å². The molecule has 1 N–H and O–H groups in total. The van der Waals surface area contributed by atoms with Crippen LogP contribution in [0.5, 0.6) is 0 Å². The summed E-state index contributed by atoms with van der Waals surface area (Å²) in [5.74, 6) is -1.94. The van der Waals surface area contributed by atoms with Crippen molar-refractivity contribution >= 4 is 9.84 Å². The molecule has 0 aliphatic carbocycles. The topological polar surface area (TPSA) is 70.0 Å². The fourth-order valence-electron chi connectivity index (χ4n) is 2.21. The summed E-state index contributed by atoms with van der Waals surface area (Å²) in [7, 11) is -4.38. The molecule has 0 spiro atoms. The van der Waals surface area contributed by atoms with Gasteiger partial charge in [0.1, 0.15) is 22.6 Å². The zero-order chi connectivity index (χ0) is 15.5. The van der Waals surface area contributed by atoms with Gasteiger partial charge in [-0.25, -0.2) is 17.2 Å². The van der Waals surface area contributed by atoms with Gasteiger partial charge in [0, 0.05) is 12.2 Å². The fourth-order valence-corrected chi connectivity index (χ4v) is 3.64. The van der Waals surface area contributed by atoms with Crippen molar-refractivity contribution in [3.63, 3.8) is 0 Å². The number of hydrogen-bond donors (Lipinski definition) is 1. The van der Waals surface area contributed by atoms with E-state index < -0.39 is 31.3 Å². The number of nitrogens with zero attached hydrogens (tertiary/aromatic N) is 1. The highest BCUT2D eigenvalue weighted by Crippen LogP contribution is 2.26. The molecular weight excluding hydrogens is 298 g/mol. The quantitative estimate of drug-likeness (QED) is 0.852. The maximum absolute atomic E-state index is 13.7. The van der Waals surface area contributed by atoms with Crippen LogP contribution in [0.3, 0.4) is 0 Å². The Morgan fingerprint density at radius 1 is 1.24 bits per heavy atom. The normalized spacial score (nSPS) is 18.3. The minimum Gasteiger partial charge on any atom is -0.387 e. The van der Waals surface area contributed by atoms with Gasteiger partial charge in [0.15, 0.2) is 4.91 Å². The summed E-state index contributed by atoms with van der Waals surface area (Å²) in [5, 5.41) is 12.1. The van der Waals surface area contributed by atoms with Crippen molar-refractivity contribution in [2.75, 3.05) is 6.54 Å². The molecule has 21 heavy (non-hydrogen) atoms. The van der Waals surface area contributed by atoms with Crippen LogP contribution in [0.25, 0.3) is 0 Å². The van der Waals surface area contributed by atoms with Crippen molar-refractivity contribution in [3.05, 3.63) is 40.4 Å². The van der Waals surface area contributed by atoms with Crippen molar-refractivity contribution in [2.24, 2.45) is 0 Å². The highest BCUT2D eigenvalue weighted by Gasteiger charge is 2.28. The maximum Gasteiger partial charge on any atom is 0.221 e. The van der Waals surface area contributed by atoms with Gasteiger partial charge in [-0.15, -0.1) is 0 Å². The second-order valence-corrected chi connectivity index (χ2v) is 6.59. The van der Waals surface area contributed by atoms with Crippen molar-refractivity contribution in [1.82, 2.24) is 5.32 Å². The first kappa shape index (κ1) is 15.4. The molecule has 1 saturated heterocycles. The number of nitrogens with one attached hydrogen (secondary N) is 1. The standard InChI is InChI=1S/C14H14F2N2O2S/c15-10-5-6-11(16)13(8-10)21(19,20)14(9-17)12-4-2-1-3-7-18-12/h5-6,8,18H,1-4,7H2/b14-12+. The minimum absolute atomic E-state index is 0.277. The monoisotopic (exact) mass is 312 g/mol. The Morgan fingerprint density at radius 2 is 2.00 bits per heavy atom. The van der Waals surface area contributed by atoms with Gasteiger partial charge < -0.3 is 5.32 Å². The molecular formula is C14H14F2N2O2S. The van der Waals surface area contributed by atoms with Gasteiger partial charge in [0.25, 0.3) is 0 Å². The Kier molecular flexibility index (Phi) is 4.58. The van der Waals surface area contributed by atoms with Gasteiger partial charge in [-0.05, 0) is 37.5 Å². The predicted octanol–water partition coefficient (Wildman–Crippen LogP) is 2.64. The molecule has 2 rings (SSSR count). The molecule has 112 valence electrons. The number of nitriles is 1. The average Bonchev–Trinajstić information content (AvgIpc) is 2.71. The van der Waals surface area contributed by atoms with Crippen LogP contribution >= 0.6 is 0 Å². The lowest BCUT2D eigenvalue weighted by atomic mass is 10.2. The second kappa shape index (κ2) is 6.22. The van der Waals surface area contributed by atoms with E-state index in [-0.39, 0.29) is 5.70 Å². The minimum atomic E-state index is -4.38. The molecule has 1 heterocycles. The summed E-state index contributed by atoms with van der Waals surface area (Å²) >= 11 is 0. The molecule has 7 heteroatoms. The molecule has 4 nitrogen and oxygen atoms in total. The van der Waals surface area contributed by atoms with Gasteiger partial charge >= 0.3 is 0 Å². The van der Waals surface area contributed by atoms with Crippen LogP contribution in [0.15, 0.2) is 33.7 Å². The van der Waals surface area contributed by atoms with Crippen molar-refractivity contribution in [2.45, 2.75) is 30.6 Å². The van der Waals surface area contributed by atoms with E-state index in [0.717, 1.165) is 31.4 Å². The molecule has 0 saturated carbocycles. The summed E-state index contributed by atoms with van der Waals surface area (Å²) in [5.41, 5.74) is 0.277. The van der Waals surface area contributed by atoms with E-state index >= 15 is 0 Å². The van der Waals surface area contributed by atoms with E-state index in [1.54, 1.807) is 6.07 Å². The highest BCUT2D eigenvalue weighted by atomic mass is 32.2. The summed E-state index contributed by atoms with van der Waals surface area (Å²) in [6.07, 6.45) is 2.94. The third kappa shape index (κ3) is 3.22. The lowest BCUT2D eigenvalue weighted by Crippen LogP contribution is -2.18. The van der Waals surface area contributed by atoms with E-state index in [2.05, 4.69) is 5.32 Å². The molecule has 0 atom stereocenters.